The number of fused-ring (bicyclic) bond motifs is 1. The minimum atomic E-state index is 0.0375. The smallest absolute Gasteiger partial charge is 0.226 e. The van der Waals surface area contributed by atoms with Gasteiger partial charge in [0, 0.05) is 41.9 Å². The molecule has 1 atom stereocenters. The van der Waals surface area contributed by atoms with Crippen molar-refractivity contribution in [3.8, 4) is 6.07 Å². The van der Waals surface area contributed by atoms with Crippen molar-refractivity contribution < 1.29 is 9.37 Å². The van der Waals surface area contributed by atoms with Gasteiger partial charge in [0.2, 0.25) is 5.65 Å². The molecule has 1 aliphatic rings. The Morgan fingerprint density at radius 1 is 1.34 bits per heavy atom. The Morgan fingerprint density at radius 2 is 2.21 bits per heavy atom. The first kappa shape index (κ1) is 19.0. The lowest BCUT2D eigenvalue weighted by Crippen LogP contribution is -2.27. The molecule has 9 nitrogen and oxygen atoms in total. The number of rotatable bonds is 6. The van der Waals surface area contributed by atoms with Crippen molar-refractivity contribution in [2.75, 3.05) is 25.1 Å². The molecule has 29 heavy (non-hydrogen) atoms. The Bertz CT molecular complexity index is 1110. The van der Waals surface area contributed by atoms with Crippen LogP contribution in [-0.4, -0.2) is 46.8 Å². The topological polar surface area (TPSA) is 122 Å². The lowest BCUT2D eigenvalue weighted by atomic mass is 9.90. The Balaban J connectivity index is 1.64. The lowest BCUT2D eigenvalue weighted by molar-refractivity contribution is 0.164. The molecule has 0 amide bonds. The molecule has 4 rings (SSSR count). The van der Waals surface area contributed by atoms with Gasteiger partial charge in [-0.1, -0.05) is 6.92 Å². The number of aromatic nitrogens is 4. The van der Waals surface area contributed by atoms with Gasteiger partial charge in [0.15, 0.2) is 5.52 Å². The van der Waals surface area contributed by atoms with Crippen molar-refractivity contribution in [1.29, 1.82) is 5.26 Å². The van der Waals surface area contributed by atoms with Crippen molar-refractivity contribution in [2.24, 2.45) is 10.4 Å². The van der Waals surface area contributed by atoms with E-state index in [1.54, 1.807) is 6.07 Å². The van der Waals surface area contributed by atoms with Crippen molar-refractivity contribution >= 4 is 29.4 Å². The normalized spacial score (nSPS) is 18.7. The van der Waals surface area contributed by atoms with E-state index in [-0.39, 0.29) is 5.41 Å². The summed E-state index contributed by atoms with van der Waals surface area (Å²) in [5, 5.41) is 20.5. The number of nitrogens with zero attached hydrogens (tertiary/aromatic N) is 6. The van der Waals surface area contributed by atoms with E-state index in [2.05, 4.69) is 45.3 Å². The summed E-state index contributed by atoms with van der Waals surface area (Å²) < 4.78 is 10.3. The molecule has 3 aromatic rings. The zero-order chi connectivity index (χ0) is 20.4. The van der Waals surface area contributed by atoms with Crippen molar-refractivity contribution in [3.05, 3.63) is 34.6 Å². The third kappa shape index (κ3) is 3.67. The van der Waals surface area contributed by atoms with Crippen molar-refractivity contribution in [1.82, 2.24) is 20.3 Å². The fourth-order valence-electron chi connectivity index (χ4n) is 3.48. The average molecular weight is 391 g/mol. The molecule has 148 valence electrons. The number of anilines is 1. The molecule has 0 saturated carbocycles. The summed E-state index contributed by atoms with van der Waals surface area (Å²) in [4.78, 5) is 13.2. The molecule has 1 saturated heterocycles. The Kier molecular flexibility index (Phi) is 4.94. The summed E-state index contributed by atoms with van der Waals surface area (Å²) in [6.45, 7) is 9.85. The van der Waals surface area contributed by atoms with Crippen LogP contribution in [0.4, 0.5) is 11.5 Å². The predicted molar refractivity (Wildman–Crippen MR) is 107 cm³/mol. The molecular formula is C20H21N7O2. The SMILES string of the molecule is C=Nc1c(Cc2ccc(C#N)c(NCC3(C)CCOC3)n2)c(C)nc2nonc12. The molecule has 0 aliphatic carbocycles. The molecule has 0 bridgehead atoms. The largest absolute Gasteiger partial charge is 0.381 e. The molecule has 1 fully saturated rings. The fraction of sp³-hybridized carbons (Fsp3) is 0.400. The lowest BCUT2D eigenvalue weighted by Gasteiger charge is -2.22. The molecule has 9 heteroatoms. The highest BCUT2D eigenvalue weighted by Gasteiger charge is 2.29. The molecule has 1 aliphatic heterocycles. The monoisotopic (exact) mass is 391 g/mol. The molecule has 0 radical (unpaired) electrons. The number of hydrogen-bond acceptors (Lipinski definition) is 9. The van der Waals surface area contributed by atoms with E-state index in [1.807, 2.05) is 13.0 Å². The molecule has 0 spiro atoms. The molecule has 1 unspecified atom stereocenters. The third-order valence-corrected chi connectivity index (χ3v) is 5.26. The highest BCUT2D eigenvalue weighted by molar-refractivity contribution is 5.86. The summed E-state index contributed by atoms with van der Waals surface area (Å²) in [6, 6.07) is 5.81. The minimum absolute atomic E-state index is 0.0375. The average Bonchev–Trinajstić information content (AvgIpc) is 3.36. The van der Waals surface area contributed by atoms with E-state index in [0.29, 0.717) is 47.8 Å². The quantitative estimate of drug-likeness (QED) is 0.636. The van der Waals surface area contributed by atoms with Gasteiger partial charge in [-0.05, 0) is 42.5 Å². The van der Waals surface area contributed by atoms with Crippen LogP contribution in [0, 0.1) is 23.7 Å². The number of aliphatic imine (C=N–C) groups is 1. The zero-order valence-electron chi connectivity index (χ0n) is 16.4. The predicted octanol–water partition coefficient (Wildman–Crippen LogP) is 2.95. The summed E-state index contributed by atoms with van der Waals surface area (Å²) >= 11 is 0. The van der Waals surface area contributed by atoms with E-state index in [4.69, 9.17) is 14.3 Å². The number of nitrogens with one attached hydrogen (secondary N) is 1. The van der Waals surface area contributed by atoms with Gasteiger partial charge in [-0.3, -0.25) is 4.99 Å². The van der Waals surface area contributed by atoms with Crippen molar-refractivity contribution in [3.63, 3.8) is 0 Å². The first-order valence-electron chi connectivity index (χ1n) is 9.33. The van der Waals surface area contributed by atoms with Crippen LogP contribution >= 0.6 is 0 Å². The molecule has 1 N–H and O–H groups in total. The second kappa shape index (κ2) is 7.56. The van der Waals surface area contributed by atoms with Crippen molar-refractivity contribution in [2.45, 2.75) is 26.7 Å². The van der Waals surface area contributed by atoms with Gasteiger partial charge < -0.3 is 10.1 Å². The molecule has 4 heterocycles. The van der Waals surface area contributed by atoms with Crippen LogP contribution < -0.4 is 5.32 Å². The summed E-state index contributed by atoms with van der Waals surface area (Å²) in [5.74, 6) is 0.570. The number of ether oxygens (including phenoxy) is 1. The van der Waals surface area contributed by atoms with Gasteiger partial charge in [0.1, 0.15) is 17.6 Å². The van der Waals surface area contributed by atoms with Crippen LogP contribution in [0.2, 0.25) is 0 Å². The van der Waals surface area contributed by atoms with Crippen LogP contribution in [0.25, 0.3) is 11.2 Å². The van der Waals surface area contributed by atoms with Crippen LogP contribution in [0.5, 0.6) is 0 Å². The van der Waals surface area contributed by atoms with Gasteiger partial charge in [-0.15, -0.1) is 0 Å². The number of nitriles is 1. The fourth-order valence-corrected chi connectivity index (χ4v) is 3.48. The minimum Gasteiger partial charge on any atom is -0.381 e. The number of pyridine rings is 2. The maximum Gasteiger partial charge on any atom is 0.226 e. The second-order valence-corrected chi connectivity index (χ2v) is 7.57. The molecule has 3 aromatic heterocycles. The highest BCUT2D eigenvalue weighted by Crippen LogP contribution is 2.31. The van der Waals surface area contributed by atoms with Crippen LogP contribution in [0.15, 0.2) is 21.8 Å². The summed E-state index contributed by atoms with van der Waals surface area (Å²) in [6.07, 6.45) is 1.45. The number of hydrogen-bond donors (Lipinski definition) is 1. The highest BCUT2D eigenvalue weighted by atomic mass is 16.6. The zero-order valence-corrected chi connectivity index (χ0v) is 16.4. The summed E-state index contributed by atoms with van der Waals surface area (Å²) in [7, 11) is 0. The van der Waals surface area contributed by atoms with E-state index >= 15 is 0 Å². The van der Waals surface area contributed by atoms with Gasteiger partial charge >= 0.3 is 0 Å². The molecular weight excluding hydrogens is 370 g/mol. The van der Waals surface area contributed by atoms with E-state index in [1.165, 1.54) is 0 Å². The standard InChI is InChI=1S/C20H21N7O2/c1-12-15(16(22-3)17-19(24-12)27-29-26-17)8-14-5-4-13(9-21)18(25-14)23-10-20(2)6-7-28-11-20/h4-5H,3,6-8,10-11H2,1-2H3,(H,23,25). The van der Waals surface area contributed by atoms with Gasteiger partial charge in [0.25, 0.3) is 0 Å². The second-order valence-electron chi connectivity index (χ2n) is 7.57. The van der Waals surface area contributed by atoms with Gasteiger partial charge in [-0.2, -0.15) is 5.26 Å². The van der Waals surface area contributed by atoms with E-state index in [0.717, 1.165) is 30.0 Å². The Hall–Kier alpha value is -3.38. The van der Waals surface area contributed by atoms with Gasteiger partial charge in [-0.25, -0.2) is 14.6 Å². The maximum absolute atomic E-state index is 9.46. The first-order chi connectivity index (χ1) is 14.0. The Morgan fingerprint density at radius 3 is 2.93 bits per heavy atom. The van der Waals surface area contributed by atoms with E-state index < -0.39 is 0 Å². The van der Waals surface area contributed by atoms with Gasteiger partial charge in [0.05, 0.1) is 12.2 Å². The van der Waals surface area contributed by atoms with Crippen LogP contribution in [-0.2, 0) is 11.2 Å². The van der Waals surface area contributed by atoms with E-state index in [9.17, 15) is 5.26 Å². The number of aryl methyl sites for hydroxylation is 1. The first-order valence-corrected chi connectivity index (χ1v) is 9.33. The third-order valence-electron chi connectivity index (χ3n) is 5.26. The maximum atomic E-state index is 9.46. The molecule has 0 aromatic carbocycles. The van der Waals surface area contributed by atoms with Crippen LogP contribution in [0.3, 0.4) is 0 Å². The van der Waals surface area contributed by atoms with Crippen LogP contribution in [0.1, 0.15) is 35.9 Å². The Labute approximate surface area is 167 Å². The summed E-state index contributed by atoms with van der Waals surface area (Å²) in [5.41, 5.74) is 4.39.